The molecule has 1 aliphatic heterocycles. The summed E-state index contributed by atoms with van der Waals surface area (Å²) in [4.78, 5) is 8.42. The van der Waals surface area contributed by atoms with Crippen LogP contribution in [0.4, 0.5) is 0 Å². The summed E-state index contributed by atoms with van der Waals surface area (Å²) in [6, 6.07) is 0. The van der Waals surface area contributed by atoms with Crippen molar-refractivity contribution in [1.29, 1.82) is 0 Å². The molecule has 0 aromatic heterocycles. The summed E-state index contributed by atoms with van der Waals surface area (Å²) in [5, 5.41) is 0. The van der Waals surface area contributed by atoms with E-state index in [1.807, 2.05) is 0 Å². The molecule has 1 heterocycles. The molecule has 0 unspecified atom stereocenters. The fraction of sp³-hybridized carbons (Fsp3) is 0. The van der Waals surface area contributed by atoms with E-state index < -0.39 is 0 Å². The smallest absolute Gasteiger partial charge is 0.363 e. The first kappa shape index (κ1) is 2.78. The summed E-state index contributed by atoms with van der Waals surface area (Å²) in [6.45, 7) is 0. The van der Waals surface area contributed by atoms with Gasteiger partial charge in [0.05, 0.1) is 0 Å². The van der Waals surface area contributed by atoms with Gasteiger partial charge >= 0.3 is 7.48 Å². The number of hydrogen-bond donors (Lipinski definition) is 0. The monoisotopic (exact) mass is 69.0 g/mol. The van der Waals surface area contributed by atoms with Crippen LogP contribution < -0.4 is 0 Å². The van der Waals surface area contributed by atoms with Gasteiger partial charge in [-0.15, -0.1) is 0 Å². The zero-order valence-electron chi connectivity index (χ0n) is 2.55. The lowest BCUT2D eigenvalue weighted by molar-refractivity contribution is -0.138. The molecule has 0 amide bonds. The molecule has 0 spiro atoms. The van der Waals surface area contributed by atoms with E-state index in [0.717, 1.165) is 0 Å². The molecule has 0 aromatic carbocycles. The Labute approximate surface area is 30.6 Å². The molecule has 3 heteroatoms. The second kappa shape index (κ2) is 1.13. The van der Waals surface area contributed by atoms with Crippen molar-refractivity contribution in [2.45, 2.75) is 0 Å². The zero-order chi connectivity index (χ0) is 3.54. The molecule has 5 heavy (non-hydrogen) atoms. The highest BCUT2D eigenvalue weighted by Crippen LogP contribution is 1.85. The lowest BCUT2D eigenvalue weighted by Gasteiger charge is -1.80. The molecule has 2 nitrogen and oxygen atoms in total. The Bertz CT molecular complexity index is 45.6. The van der Waals surface area contributed by atoms with Crippen molar-refractivity contribution in [2.75, 3.05) is 0 Å². The van der Waals surface area contributed by atoms with Gasteiger partial charge in [-0.3, -0.25) is 4.81 Å². The van der Waals surface area contributed by atoms with Crippen LogP contribution >= 0.6 is 0 Å². The van der Waals surface area contributed by atoms with Crippen molar-refractivity contribution in [3.05, 3.63) is 12.2 Å². The highest BCUT2D eigenvalue weighted by molar-refractivity contribution is 6.34. The van der Waals surface area contributed by atoms with Crippen LogP contribution in [0.25, 0.3) is 0 Å². The van der Waals surface area contributed by atoms with Gasteiger partial charge in [0, 0.05) is 0 Å². The van der Waals surface area contributed by atoms with Crippen LogP contribution in [-0.2, 0) is 9.69 Å². The minimum Gasteiger partial charge on any atom is -0.363 e. The summed E-state index contributed by atoms with van der Waals surface area (Å²) >= 11 is 0. The first-order chi connectivity index (χ1) is 2.50. The van der Waals surface area contributed by atoms with Crippen LogP contribution in [-0.4, -0.2) is 7.48 Å². The maximum atomic E-state index is 4.21. The third kappa shape index (κ3) is 0.419. The average molecular weight is 68.8 g/mol. The Morgan fingerprint density at radius 3 is 2.80 bits per heavy atom. The minimum atomic E-state index is 1.46. The van der Waals surface area contributed by atoms with E-state index in [-0.39, 0.29) is 0 Å². The summed E-state index contributed by atoms with van der Waals surface area (Å²) in [5.41, 5.74) is 0. The molecule has 0 fully saturated rings. The van der Waals surface area contributed by atoms with Crippen LogP contribution in [0.5, 0.6) is 0 Å². The van der Waals surface area contributed by atoms with E-state index in [0.29, 0.717) is 0 Å². The Balaban J connectivity index is 2.32. The van der Waals surface area contributed by atoms with Gasteiger partial charge in [-0.25, -0.2) is 0 Å². The van der Waals surface area contributed by atoms with Crippen LogP contribution in [0.15, 0.2) is 12.2 Å². The largest absolute Gasteiger partial charge is 0.394 e. The Kier molecular flexibility index (Phi) is 0.627. The van der Waals surface area contributed by atoms with E-state index in [1.165, 1.54) is 13.7 Å². The highest BCUT2D eigenvalue weighted by atomic mass is 17.2. The molecular formula is C2H2BO2. The maximum Gasteiger partial charge on any atom is 0.394 e. The van der Waals surface area contributed by atoms with E-state index in [2.05, 4.69) is 9.69 Å². The van der Waals surface area contributed by atoms with Gasteiger partial charge in [0.15, 0.2) is 0 Å². The van der Waals surface area contributed by atoms with Gasteiger partial charge in [0.2, 0.25) is 0 Å². The van der Waals surface area contributed by atoms with E-state index in [4.69, 9.17) is 0 Å². The van der Waals surface area contributed by atoms with Crippen LogP contribution in [0.1, 0.15) is 0 Å². The van der Waals surface area contributed by atoms with Gasteiger partial charge in [0.25, 0.3) is 0 Å². The lowest BCUT2D eigenvalue weighted by Crippen LogP contribution is -1.79. The van der Waals surface area contributed by atoms with Gasteiger partial charge in [-0.05, 0) is 5.98 Å². The predicted molar refractivity (Wildman–Crippen MR) is 17.1 cm³/mol. The van der Waals surface area contributed by atoms with Crippen molar-refractivity contribution >= 4 is 7.48 Å². The molecule has 0 saturated carbocycles. The zero-order valence-corrected chi connectivity index (χ0v) is 2.55. The third-order valence-corrected chi connectivity index (χ3v) is 0.324. The standard InChI is InChI=1S/C2H2BO2/c1-2-4-5-3-1/h1-2H. The summed E-state index contributed by atoms with van der Waals surface area (Å²) < 4.78 is 0. The predicted octanol–water partition coefficient (Wildman–Crippen LogP) is 0.0386. The lowest BCUT2D eigenvalue weighted by atomic mass is 10.1. The third-order valence-electron chi connectivity index (χ3n) is 0.324. The van der Waals surface area contributed by atoms with Crippen molar-refractivity contribution in [2.24, 2.45) is 0 Å². The number of rotatable bonds is 0. The first-order valence-electron chi connectivity index (χ1n) is 1.30. The molecule has 0 aliphatic carbocycles. The molecule has 25 valence electrons. The van der Waals surface area contributed by atoms with Crippen LogP contribution in [0, 0.1) is 0 Å². The fourth-order valence-electron chi connectivity index (χ4n) is 0.160. The minimum absolute atomic E-state index is 1.46. The molecule has 0 N–H and O–H groups in total. The van der Waals surface area contributed by atoms with E-state index >= 15 is 0 Å². The molecule has 0 aromatic rings. The summed E-state index contributed by atoms with van der Waals surface area (Å²) in [6.07, 6.45) is 1.46. The van der Waals surface area contributed by atoms with Gasteiger partial charge in [0.1, 0.15) is 6.26 Å². The molecule has 1 radical (unpaired) electrons. The van der Waals surface area contributed by atoms with E-state index in [9.17, 15) is 0 Å². The highest BCUT2D eigenvalue weighted by Gasteiger charge is 1.90. The quantitative estimate of drug-likeness (QED) is 0.295. The second-order valence-electron chi connectivity index (χ2n) is 0.657. The van der Waals surface area contributed by atoms with Crippen LogP contribution in [0.2, 0.25) is 0 Å². The van der Waals surface area contributed by atoms with Crippen LogP contribution in [0.3, 0.4) is 0 Å². The van der Waals surface area contributed by atoms with Crippen molar-refractivity contribution in [1.82, 2.24) is 0 Å². The maximum absolute atomic E-state index is 4.21. The molecule has 0 saturated heterocycles. The van der Waals surface area contributed by atoms with Gasteiger partial charge in [-0.1, -0.05) is 0 Å². The fourth-order valence-corrected chi connectivity index (χ4v) is 0.160. The molecule has 1 rings (SSSR count). The Hall–Kier alpha value is -0.435. The second-order valence-corrected chi connectivity index (χ2v) is 0.657. The molecule has 0 bridgehead atoms. The topological polar surface area (TPSA) is 18.5 Å². The van der Waals surface area contributed by atoms with Gasteiger partial charge in [-0.2, -0.15) is 0 Å². The van der Waals surface area contributed by atoms with Gasteiger partial charge < -0.3 is 4.89 Å². The average Bonchev–Trinajstić information content (AvgIpc) is 1.76. The molecule has 0 atom stereocenters. The summed E-state index contributed by atoms with van der Waals surface area (Å²) in [5.74, 6) is 1.67. The SMILES string of the molecule is [B]1C=COO1. The Morgan fingerprint density at radius 1 is 1.60 bits per heavy atom. The molecule has 1 aliphatic rings. The first-order valence-corrected chi connectivity index (χ1v) is 1.30. The summed E-state index contributed by atoms with van der Waals surface area (Å²) in [7, 11) is 1.46. The Morgan fingerprint density at radius 2 is 2.60 bits per heavy atom. The molecular weight excluding hydrogens is 66.8 g/mol. The van der Waals surface area contributed by atoms with Crippen molar-refractivity contribution in [3.63, 3.8) is 0 Å². The number of hydrogen-bond acceptors (Lipinski definition) is 2. The normalized spacial score (nSPS) is 17.6. The van der Waals surface area contributed by atoms with Crippen molar-refractivity contribution < 1.29 is 9.69 Å². The van der Waals surface area contributed by atoms with Crippen molar-refractivity contribution in [3.8, 4) is 0 Å². The van der Waals surface area contributed by atoms with E-state index in [1.54, 1.807) is 5.98 Å².